The molecule has 0 heterocycles. The molecule has 1 heteroatoms. The van der Waals surface area contributed by atoms with E-state index in [9.17, 15) is 0 Å². The Labute approximate surface area is 260 Å². The van der Waals surface area contributed by atoms with Crippen LogP contribution in [-0.4, -0.2) is 13.1 Å². The maximum Gasteiger partial charge on any atom is -0.00489 e. The van der Waals surface area contributed by atoms with Crippen molar-refractivity contribution in [2.45, 2.75) is 194 Å². The molecule has 0 radical (unpaired) electrons. The number of nitrogens with one attached hydrogen (secondary N) is 1. The molecule has 0 atom stereocenters. The van der Waals surface area contributed by atoms with Crippen molar-refractivity contribution in [3.05, 3.63) is 48.6 Å². The van der Waals surface area contributed by atoms with Gasteiger partial charge in [0, 0.05) is 0 Å². The third-order valence-electron chi connectivity index (χ3n) is 8.11. The van der Waals surface area contributed by atoms with Gasteiger partial charge in [-0.1, -0.05) is 165 Å². The summed E-state index contributed by atoms with van der Waals surface area (Å²) in [6.07, 6.45) is 56.8. The minimum atomic E-state index is 1.12. The van der Waals surface area contributed by atoms with Crippen LogP contribution in [0.5, 0.6) is 0 Å². The van der Waals surface area contributed by atoms with Crippen molar-refractivity contribution in [3.8, 4) is 0 Å². The third-order valence-corrected chi connectivity index (χ3v) is 8.11. The van der Waals surface area contributed by atoms with Gasteiger partial charge in [-0.15, -0.1) is 0 Å². The van der Waals surface area contributed by atoms with E-state index >= 15 is 0 Å². The van der Waals surface area contributed by atoms with Crippen LogP contribution in [0.2, 0.25) is 0 Å². The highest BCUT2D eigenvalue weighted by Gasteiger charge is 1.95. The SMILES string of the molecule is CCCCC/C=C\C/C=C\CCCCCCCCCCCCNCCCCCCCC/C=C\C/C=C\CCCCC. The summed E-state index contributed by atoms with van der Waals surface area (Å²) in [7, 11) is 0. The summed E-state index contributed by atoms with van der Waals surface area (Å²) in [5, 5.41) is 3.67. The van der Waals surface area contributed by atoms with Crippen LogP contribution in [-0.2, 0) is 0 Å². The van der Waals surface area contributed by atoms with Crippen molar-refractivity contribution in [3.63, 3.8) is 0 Å². The molecule has 41 heavy (non-hydrogen) atoms. The largest absolute Gasteiger partial charge is 0.317 e. The van der Waals surface area contributed by atoms with Crippen molar-refractivity contribution < 1.29 is 0 Å². The monoisotopic (exact) mass is 570 g/mol. The van der Waals surface area contributed by atoms with Crippen LogP contribution < -0.4 is 5.32 Å². The van der Waals surface area contributed by atoms with Crippen LogP contribution in [0.1, 0.15) is 194 Å². The highest BCUT2D eigenvalue weighted by Crippen LogP contribution is 2.12. The first-order chi connectivity index (χ1) is 20.4. The standard InChI is InChI=1S/C40H75N/c1-3-5-7-9-11-13-15-17-19-21-22-23-24-26-28-30-32-34-36-38-40-41-39-37-35-33-31-29-27-25-20-18-16-14-12-10-8-6-4-2/h11-14,17-20,41H,3-10,15-16,21-40H2,1-2H3/b13-11-,14-12-,19-17-,20-18-. The molecule has 0 aliphatic carbocycles. The van der Waals surface area contributed by atoms with Crippen LogP contribution in [0.4, 0.5) is 0 Å². The maximum atomic E-state index is 3.67. The normalized spacial score (nSPS) is 12.3. The van der Waals surface area contributed by atoms with Gasteiger partial charge in [0.15, 0.2) is 0 Å². The van der Waals surface area contributed by atoms with Gasteiger partial charge in [0.25, 0.3) is 0 Å². The lowest BCUT2D eigenvalue weighted by molar-refractivity contribution is 0.529. The Balaban J connectivity index is 3.14. The summed E-state index contributed by atoms with van der Waals surface area (Å²) >= 11 is 0. The average Bonchev–Trinajstić information content (AvgIpc) is 2.98. The van der Waals surface area contributed by atoms with Crippen molar-refractivity contribution in [2.24, 2.45) is 0 Å². The fraction of sp³-hybridized carbons (Fsp3) is 0.800. The molecule has 1 N–H and O–H groups in total. The first-order valence-electron chi connectivity index (χ1n) is 18.7. The smallest absolute Gasteiger partial charge is 0.00489 e. The van der Waals surface area contributed by atoms with Crippen molar-refractivity contribution in [1.82, 2.24) is 5.32 Å². The number of hydrogen-bond acceptors (Lipinski definition) is 1. The van der Waals surface area contributed by atoms with Crippen molar-refractivity contribution >= 4 is 0 Å². The fourth-order valence-corrected chi connectivity index (χ4v) is 5.31. The third kappa shape index (κ3) is 38.9. The molecule has 0 amide bonds. The molecule has 0 bridgehead atoms. The van der Waals surface area contributed by atoms with Gasteiger partial charge in [0.05, 0.1) is 0 Å². The van der Waals surface area contributed by atoms with Crippen molar-refractivity contribution in [2.75, 3.05) is 13.1 Å². The minimum absolute atomic E-state index is 1.12. The lowest BCUT2D eigenvalue weighted by Crippen LogP contribution is -2.16. The molecule has 0 aromatic carbocycles. The zero-order chi connectivity index (χ0) is 29.6. The van der Waals surface area contributed by atoms with Gasteiger partial charge in [-0.3, -0.25) is 0 Å². The molecule has 0 unspecified atom stereocenters. The predicted octanol–water partition coefficient (Wildman–Crippen LogP) is 13.8. The number of unbranched alkanes of at least 4 members (excludes halogenated alkanes) is 22. The van der Waals surface area contributed by atoms with E-state index in [0.29, 0.717) is 0 Å². The second-order valence-electron chi connectivity index (χ2n) is 12.3. The predicted molar refractivity (Wildman–Crippen MR) is 190 cm³/mol. The van der Waals surface area contributed by atoms with E-state index < -0.39 is 0 Å². The molecule has 240 valence electrons. The van der Waals surface area contributed by atoms with Gasteiger partial charge in [-0.2, -0.15) is 0 Å². The van der Waals surface area contributed by atoms with Crippen LogP contribution in [0.25, 0.3) is 0 Å². The number of hydrogen-bond donors (Lipinski definition) is 1. The Hall–Kier alpha value is -1.08. The second kappa shape index (κ2) is 38.9. The lowest BCUT2D eigenvalue weighted by atomic mass is 10.1. The summed E-state index contributed by atoms with van der Waals surface area (Å²) in [5.74, 6) is 0. The van der Waals surface area contributed by atoms with Gasteiger partial charge in [0.2, 0.25) is 0 Å². The fourth-order valence-electron chi connectivity index (χ4n) is 5.31. The van der Waals surface area contributed by atoms with E-state index in [1.807, 2.05) is 0 Å². The van der Waals surface area contributed by atoms with Crippen LogP contribution in [0.15, 0.2) is 48.6 Å². The zero-order valence-electron chi connectivity index (χ0n) is 28.3. The summed E-state index contributed by atoms with van der Waals surface area (Å²) in [4.78, 5) is 0. The van der Waals surface area contributed by atoms with Crippen LogP contribution >= 0.6 is 0 Å². The summed E-state index contributed by atoms with van der Waals surface area (Å²) in [5.41, 5.74) is 0. The highest BCUT2D eigenvalue weighted by molar-refractivity contribution is 4.93. The number of rotatable bonds is 34. The molecular weight excluding hydrogens is 494 g/mol. The Morgan fingerprint density at radius 3 is 0.878 bits per heavy atom. The molecule has 0 aromatic rings. The zero-order valence-corrected chi connectivity index (χ0v) is 28.3. The lowest BCUT2D eigenvalue weighted by Gasteiger charge is -2.05. The van der Waals surface area contributed by atoms with Crippen LogP contribution in [0, 0.1) is 0 Å². The Morgan fingerprint density at radius 1 is 0.293 bits per heavy atom. The molecule has 0 aliphatic rings. The number of allylic oxidation sites excluding steroid dienone is 8. The van der Waals surface area contributed by atoms with E-state index in [4.69, 9.17) is 0 Å². The molecule has 0 spiro atoms. The van der Waals surface area contributed by atoms with E-state index in [-0.39, 0.29) is 0 Å². The molecular formula is C40H75N. The van der Waals surface area contributed by atoms with E-state index in [1.54, 1.807) is 0 Å². The molecule has 0 saturated carbocycles. The molecule has 0 saturated heterocycles. The summed E-state index contributed by atoms with van der Waals surface area (Å²) in [6, 6.07) is 0. The first kappa shape index (κ1) is 39.9. The van der Waals surface area contributed by atoms with E-state index in [2.05, 4.69) is 67.8 Å². The average molecular weight is 570 g/mol. The van der Waals surface area contributed by atoms with Gasteiger partial charge in [-0.05, 0) is 90.1 Å². The maximum absolute atomic E-state index is 3.67. The Bertz CT molecular complexity index is 519. The van der Waals surface area contributed by atoms with Gasteiger partial charge >= 0.3 is 0 Å². The first-order valence-corrected chi connectivity index (χ1v) is 18.7. The summed E-state index contributed by atoms with van der Waals surface area (Å²) < 4.78 is 0. The van der Waals surface area contributed by atoms with E-state index in [0.717, 1.165) is 12.8 Å². The topological polar surface area (TPSA) is 12.0 Å². The molecule has 1 nitrogen and oxygen atoms in total. The van der Waals surface area contributed by atoms with Gasteiger partial charge in [0.1, 0.15) is 0 Å². The van der Waals surface area contributed by atoms with Crippen molar-refractivity contribution in [1.29, 1.82) is 0 Å². The van der Waals surface area contributed by atoms with Crippen LogP contribution in [0.3, 0.4) is 0 Å². The molecule has 0 rings (SSSR count). The Morgan fingerprint density at radius 2 is 0.561 bits per heavy atom. The van der Waals surface area contributed by atoms with Gasteiger partial charge < -0.3 is 5.32 Å². The molecule has 0 aliphatic heterocycles. The summed E-state index contributed by atoms with van der Waals surface area (Å²) in [6.45, 7) is 6.99. The highest BCUT2D eigenvalue weighted by atomic mass is 14.8. The molecule has 0 fully saturated rings. The van der Waals surface area contributed by atoms with Gasteiger partial charge in [-0.25, -0.2) is 0 Å². The molecule has 0 aromatic heterocycles. The minimum Gasteiger partial charge on any atom is -0.317 e. The quantitative estimate of drug-likeness (QED) is 0.0600. The Kier molecular flexibility index (Phi) is 37.9. The van der Waals surface area contributed by atoms with E-state index in [1.165, 1.54) is 180 Å². The second-order valence-corrected chi connectivity index (χ2v) is 12.3.